The molecule has 164 valence electrons. The Morgan fingerprint density at radius 2 is 1.88 bits per heavy atom. The molecule has 1 amide bonds. The molecule has 0 atom stereocenters. The summed E-state index contributed by atoms with van der Waals surface area (Å²) in [6, 6.07) is 17.6. The van der Waals surface area contributed by atoms with Gasteiger partial charge in [-0.2, -0.15) is 0 Å². The summed E-state index contributed by atoms with van der Waals surface area (Å²) >= 11 is 2.82. The molecule has 0 saturated heterocycles. The molecule has 0 unspecified atom stereocenters. The quantitative estimate of drug-likeness (QED) is 0.207. The highest BCUT2D eigenvalue weighted by molar-refractivity contribution is 7.98. The van der Waals surface area contributed by atoms with Gasteiger partial charge in [-0.1, -0.05) is 42.1 Å². The first-order valence-corrected chi connectivity index (χ1v) is 11.9. The van der Waals surface area contributed by atoms with Crippen molar-refractivity contribution in [3.8, 4) is 11.6 Å². The van der Waals surface area contributed by atoms with E-state index in [0.29, 0.717) is 22.5 Å². The molecule has 0 aliphatic carbocycles. The number of rotatable bonds is 6. The molecule has 5 aromatic rings. The van der Waals surface area contributed by atoms with Gasteiger partial charge in [0, 0.05) is 23.4 Å². The standard InChI is InChI=1S/C24H17FN4O2S2/c1-15(30)29(20-10-5-3-8-18(20)25)24-26-16(14-33-24)13-32-23-17-7-2-4-9-19(17)27-22(28-23)21-11-6-12-31-21/h2-12,14H,13H2,1H3. The maximum atomic E-state index is 14.3. The number of hydrogen-bond acceptors (Lipinski definition) is 7. The van der Waals surface area contributed by atoms with E-state index in [2.05, 4.69) is 9.97 Å². The molecule has 33 heavy (non-hydrogen) atoms. The van der Waals surface area contributed by atoms with Crippen LogP contribution in [0.3, 0.4) is 0 Å². The first-order valence-electron chi connectivity index (χ1n) is 10.0. The van der Waals surface area contributed by atoms with E-state index in [1.807, 2.05) is 35.7 Å². The Labute approximate surface area is 197 Å². The molecule has 0 bridgehead atoms. The molecule has 3 aromatic heterocycles. The number of furan rings is 1. The SMILES string of the molecule is CC(=O)N(c1nc(CSc2nc(-c3ccco3)nc3ccccc23)cs1)c1ccccc1F. The number of amides is 1. The summed E-state index contributed by atoms with van der Waals surface area (Å²) in [4.78, 5) is 27.5. The van der Waals surface area contributed by atoms with Gasteiger partial charge in [-0.15, -0.1) is 11.3 Å². The highest BCUT2D eigenvalue weighted by Crippen LogP contribution is 2.34. The van der Waals surface area contributed by atoms with E-state index in [1.54, 1.807) is 30.5 Å². The molecule has 0 fully saturated rings. The smallest absolute Gasteiger partial charge is 0.230 e. The number of anilines is 2. The van der Waals surface area contributed by atoms with Crippen LogP contribution in [0.1, 0.15) is 12.6 Å². The Hall–Kier alpha value is -3.56. The fourth-order valence-electron chi connectivity index (χ4n) is 3.32. The number of carbonyl (C=O) groups excluding carboxylic acids is 1. The molecule has 5 rings (SSSR count). The van der Waals surface area contributed by atoms with Crippen molar-refractivity contribution in [1.82, 2.24) is 15.0 Å². The molecule has 0 aliphatic rings. The second-order valence-electron chi connectivity index (χ2n) is 7.06. The number of para-hydroxylation sites is 2. The number of halogens is 1. The first kappa shape index (κ1) is 21.3. The lowest BCUT2D eigenvalue weighted by molar-refractivity contribution is -0.115. The van der Waals surface area contributed by atoms with Crippen molar-refractivity contribution in [1.29, 1.82) is 0 Å². The third kappa shape index (κ3) is 4.37. The van der Waals surface area contributed by atoms with E-state index in [1.165, 1.54) is 41.0 Å². The number of nitrogens with zero attached hydrogens (tertiary/aromatic N) is 4. The molecule has 0 aliphatic heterocycles. The number of carbonyl (C=O) groups is 1. The summed E-state index contributed by atoms with van der Waals surface area (Å²) in [5, 5.41) is 4.03. The number of aromatic nitrogens is 3. The zero-order valence-electron chi connectivity index (χ0n) is 17.4. The first-order chi connectivity index (χ1) is 16.1. The predicted molar refractivity (Wildman–Crippen MR) is 128 cm³/mol. The molecular weight excluding hydrogens is 459 g/mol. The van der Waals surface area contributed by atoms with Gasteiger partial charge in [-0.3, -0.25) is 9.69 Å². The van der Waals surface area contributed by atoms with E-state index >= 15 is 0 Å². The van der Waals surface area contributed by atoms with Crippen molar-refractivity contribution in [3.63, 3.8) is 0 Å². The van der Waals surface area contributed by atoms with Crippen LogP contribution in [0.15, 0.2) is 81.8 Å². The van der Waals surface area contributed by atoms with Crippen LogP contribution >= 0.6 is 23.1 Å². The van der Waals surface area contributed by atoms with Crippen molar-refractivity contribution >= 4 is 50.7 Å². The molecule has 3 heterocycles. The minimum absolute atomic E-state index is 0.184. The second-order valence-corrected chi connectivity index (χ2v) is 8.86. The Morgan fingerprint density at radius 1 is 1.06 bits per heavy atom. The lowest BCUT2D eigenvalue weighted by Crippen LogP contribution is -2.23. The van der Waals surface area contributed by atoms with Gasteiger partial charge in [0.15, 0.2) is 16.7 Å². The predicted octanol–water partition coefficient (Wildman–Crippen LogP) is 6.46. The van der Waals surface area contributed by atoms with Gasteiger partial charge < -0.3 is 4.42 Å². The zero-order chi connectivity index (χ0) is 22.8. The third-order valence-electron chi connectivity index (χ3n) is 4.81. The van der Waals surface area contributed by atoms with Crippen molar-refractivity contribution in [2.24, 2.45) is 0 Å². The third-order valence-corrected chi connectivity index (χ3v) is 6.71. The maximum Gasteiger partial charge on any atom is 0.230 e. The van der Waals surface area contributed by atoms with Crippen LogP contribution in [0.2, 0.25) is 0 Å². The van der Waals surface area contributed by atoms with Gasteiger partial charge in [0.1, 0.15) is 10.8 Å². The molecule has 0 radical (unpaired) electrons. The Kier molecular flexibility index (Phi) is 5.89. The van der Waals surface area contributed by atoms with E-state index in [-0.39, 0.29) is 11.6 Å². The topological polar surface area (TPSA) is 72.1 Å². The highest BCUT2D eigenvalue weighted by Gasteiger charge is 2.21. The summed E-state index contributed by atoms with van der Waals surface area (Å²) in [5.74, 6) is 0.858. The average Bonchev–Trinajstić information content (AvgIpc) is 3.51. The lowest BCUT2D eigenvalue weighted by atomic mass is 10.2. The van der Waals surface area contributed by atoms with Gasteiger partial charge in [-0.05, 0) is 30.3 Å². The molecule has 0 saturated carbocycles. The van der Waals surface area contributed by atoms with E-state index in [9.17, 15) is 9.18 Å². The van der Waals surface area contributed by atoms with Crippen LogP contribution in [0.4, 0.5) is 15.2 Å². The second kappa shape index (κ2) is 9.13. The van der Waals surface area contributed by atoms with Crippen LogP contribution in [-0.2, 0) is 10.5 Å². The van der Waals surface area contributed by atoms with Crippen LogP contribution in [0, 0.1) is 5.82 Å². The minimum Gasteiger partial charge on any atom is -0.461 e. The van der Waals surface area contributed by atoms with Crippen molar-refractivity contribution < 1.29 is 13.6 Å². The van der Waals surface area contributed by atoms with Gasteiger partial charge in [-0.25, -0.2) is 19.3 Å². The van der Waals surface area contributed by atoms with E-state index < -0.39 is 5.82 Å². The van der Waals surface area contributed by atoms with Crippen LogP contribution in [-0.4, -0.2) is 20.9 Å². The van der Waals surface area contributed by atoms with Gasteiger partial charge >= 0.3 is 0 Å². The number of hydrogen-bond donors (Lipinski definition) is 0. The maximum absolute atomic E-state index is 14.3. The number of benzene rings is 2. The summed E-state index contributed by atoms with van der Waals surface area (Å²) in [6.07, 6.45) is 1.59. The minimum atomic E-state index is -0.475. The molecule has 0 N–H and O–H groups in total. The molecule has 0 spiro atoms. The Bertz CT molecular complexity index is 1440. The van der Waals surface area contributed by atoms with Crippen molar-refractivity contribution in [2.45, 2.75) is 17.7 Å². The van der Waals surface area contributed by atoms with E-state index in [4.69, 9.17) is 9.40 Å². The van der Waals surface area contributed by atoms with Gasteiger partial charge in [0.05, 0.1) is 23.2 Å². The molecule has 9 heteroatoms. The number of fused-ring (bicyclic) bond motifs is 1. The normalized spacial score (nSPS) is 11.1. The molecular formula is C24H17FN4O2S2. The summed E-state index contributed by atoms with van der Waals surface area (Å²) in [7, 11) is 0. The van der Waals surface area contributed by atoms with Crippen LogP contribution in [0.25, 0.3) is 22.5 Å². The zero-order valence-corrected chi connectivity index (χ0v) is 19.1. The highest BCUT2D eigenvalue weighted by atomic mass is 32.2. The fraction of sp³-hybridized carbons (Fsp3) is 0.0833. The van der Waals surface area contributed by atoms with E-state index in [0.717, 1.165) is 21.6 Å². The Morgan fingerprint density at radius 3 is 2.67 bits per heavy atom. The summed E-state index contributed by atoms with van der Waals surface area (Å²) in [6.45, 7) is 1.39. The van der Waals surface area contributed by atoms with Crippen molar-refractivity contribution in [2.75, 3.05) is 4.90 Å². The molecule has 6 nitrogen and oxygen atoms in total. The lowest BCUT2D eigenvalue weighted by Gasteiger charge is -2.18. The summed E-state index contributed by atoms with van der Waals surface area (Å²) in [5.41, 5.74) is 1.77. The fourth-order valence-corrected chi connectivity index (χ4v) is 5.22. The monoisotopic (exact) mass is 476 g/mol. The number of thiazole rings is 1. The van der Waals surface area contributed by atoms with Crippen LogP contribution in [0.5, 0.6) is 0 Å². The number of thioether (sulfide) groups is 1. The molecule has 2 aromatic carbocycles. The Balaban J connectivity index is 1.43. The van der Waals surface area contributed by atoms with Gasteiger partial charge in [0.2, 0.25) is 5.91 Å². The van der Waals surface area contributed by atoms with Crippen molar-refractivity contribution in [3.05, 3.63) is 83.8 Å². The largest absolute Gasteiger partial charge is 0.461 e. The van der Waals surface area contributed by atoms with Crippen LogP contribution < -0.4 is 4.90 Å². The average molecular weight is 477 g/mol. The summed E-state index contributed by atoms with van der Waals surface area (Å²) < 4.78 is 19.8. The van der Waals surface area contributed by atoms with Gasteiger partial charge in [0.25, 0.3) is 0 Å².